The first kappa shape index (κ1) is 86.0. The highest BCUT2D eigenvalue weighted by molar-refractivity contribution is 5.01. The third-order valence-corrected chi connectivity index (χ3v) is 20.5. The minimum atomic E-state index is -2.33. The van der Waals surface area contributed by atoms with Crippen molar-refractivity contribution in [2.45, 2.75) is 294 Å². The smallest absolute Gasteiger partial charge is 0.187 e. The van der Waals surface area contributed by atoms with E-state index < -0.39 is 335 Å². The Balaban J connectivity index is 1.08. The van der Waals surface area contributed by atoms with Crippen molar-refractivity contribution in [1.82, 2.24) is 0 Å². The quantitative estimate of drug-likeness (QED) is 0.0297. The molecule has 0 radical (unpaired) electrons. The summed E-state index contributed by atoms with van der Waals surface area (Å²) in [6.07, 6.45) is -70.8. The molecule has 8 heterocycles. The first-order valence-corrected chi connectivity index (χ1v) is 34.1. The molecule has 24 N–H and O–H groups in total. The number of ether oxygens (including phenoxy) is 17. The van der Waals surface area contributed by atoms with Gasteiger partial charge in [-0.05, 0) is 20.8 Å². The Morgan fingerprint density at radius 1 is 0.324 bits per heavy atom. The molecule has 44 atom stereocenters. The molecular formula is C61H108O41. The third-order valence-electron chi connectivity index (χ3n) is 20.5. The monoisotopic (exact) mass is 1500 g/mol. The number of hydrogen-bond donors (Lipinski definition) is 24. The molecule has 0 aliphatic carbocycles. The third kappa shape index (κ3) is 18.7. The van der Waals surface area contributed by atoms with E-state index in [4.69, 9.17) is 80.5 Å². The molecule has 102 heavy (non-hydrogen) atoms. The molecule has 0 saturated carbocycles. The Kier molecular flexibility index (Phi) is 31.9. The first-order valence-electron chi connectivity index (χ1n) is 34.1. The number of aliphatic hydroxyl groups is 24. The van der Waals surface area contributed by atoms with Crippen molar-refractivity contribution in [2.75, 3.05) is 59.5 Å². The Morgan fingerprint density at radius 2 is 0.716 bits per heavy atom. The molecule has 0 bridgehead atoms. The average Bonchev–Trinajstić information content (AvgIpc) is 0.793. The molecule has 8 aliphatic rings. The zero-order valence-corrected chi connectivity index (χ0v) is 57.0. The number of rotatable bonds is 30. The normalized spacial score (nSPS) is 49.6. The van der Waals surface area contributed by atoms with Crippen molar-refractivity contribution >= 4 is 0 Å². The molecule has 0 spiro atoms. The molecule has 8 aliphatic heterocycles. The van der Waals surface area contributed by atoms with Crippen molar-refractivity contribution in [3.63, 3.8) is 0 Å². The SMILES string of the molecule is CC1C(O)[C@H](O[C@@H]2OC(CO)[C@H](O)C(O)[C@@H]2O)[C@H](CO)O[C@H]1O[C@@H]1C(O)[C@H](O)C(CO)O[C@@H]1OCC1O[C@@H](O[C@@H]2C(CO)O[C@@H](O[C@@H]3C(CO)O[C@@H](C)[C@@H](C)C3O)[C@@H](C)C2O)[C@H](O)C(OC(OCCO)C(O[C@@H]2OC(CO)[C@@H](OC3OC(C)[C@H](C(O)O)[C@H](O)[C@@H]3O)[C@H](O)C2C)C(O)[C@@H](C)O)[C@@H]1O. The Morgan fingerprint density at radius 3 is 1.20 bits per heavy atom. The molecule has 8 saturated heterocycles. The molecule has 8 fully saturated rings. The highest BCUT2D eigenvalue weighted by atomic mass is 16.8. The minimum absolute atomic E-state index is 0.525. The maximum Gasteiger partial charge on any atom is 0.187 e. The van der Waals surface area contributed by atoms with Gasteiger partial charge in [0.2, 0.25) is 0 Å². The standard InChI is InChI=1S/C61H108O41/c1-17-22(6)88-26(12-65)46(32(17)70)96-54-18(2)33(71)49(29(15-68)92-54)99-59-45(83)50(100-60(86-9-8-62)51(36(74)21(5)69)101-55-19(3)34(72)47(27(13-66)93-55)97-57-43(81)40(78)31(53(84)85)23(7)89-57)39(77)30(95-59)16-87-61-52(42(80)38(76)25(11-64)91-61)102-56-20(4)35(73)48(28(14-67)94-56)98-58-44(82)41(79)37(75)24(10-63)90-58/h17-85H,8-16H2,1-7H3/t17-,18+,19?,20?,21-,22+,23?,24?,25?,26?,27?,28+,29?,30?,31+,32?,33?,34-,35?,36?,37+,38-,39-,40+,41?,42?,43+,44+,45-,46-,47-,48-,49-,50?,51?,52-,54+,55+,56+,57?,58+,59+,60?,61+/m1/s1. The largest absolute Gasteiger partial charge is 0.394 e. The van der Waals surface area contributed by atoms with E-state index in [0.717, 1.165) is 6.92 Å². The van der Waals surface area contributed by atoms with Gasteiger partial charge in [-0.1, -0.05) is 27.7 Å². The fourth-order valence-electron chi connectivity index (χ4n) is 13.8. The Bertz CT molecular complexity index is 2450. The highest BCUT2D eigenvalue weighted by Gasteiger charge is 2.59. The van der Waals surface area contributed by atoms with Gasteiger partial charge in [-0.2, -0.15) is 0 Å². The zero-order valence-electron chi connectivity index (χ0n) is 57.0. The second kappa shape index (κ2) is 37.9. The number of hydrogen-bond acceptors (Lipinski definition) is 41. The maximum atomic E-state index is 12.5. The van der Waals surface area contributed by atoms with E-state index in [2.05, 4.69) is 0 Å². The van der Waals surface area contributed by atoms with Gasteiger partial charge >= 0.3 is 0 Å². The van der Waals surface area contributed by atoms with E-state index in [9.17, 15) is 123 Å². The molecule has 0 aromatic carbocycles. The molecule has 41 nitrogen and oxygen atoms in total. The van der Waals surface area contributed by atoms with Crippen LogP contribution in [0.25, 0.3) is 0 Å². The summed E-state index contributed by atoms with van der Waals surface area (Å²) in [4.78, 5) is 0. The predicted molar refractivity (Wildman–Crippen MR) is 324 cm³/mol. The summed E-state index contributed by atoms with van der Waals surface area (Å²) in [5.41, 5.74) is 0. The van der Waals surface area contributed by atoms with Gasteiger partial charge < -0.3 is 203 Å². The topological polar surface area (TPSA) is 642 Å². The second-order valence-electron chi connectivity index (χ2n) is 27.5. The van der Waals surface area contributed by atoms with Crippen molar-refractivity contribution < 1.29 is 203 Å². The summed E-state index contributed by atoms with van der Waals surface area (Å²) in [5.74, 6) is -5.69. The molecule has 41 heteroatoms. The number of aliphatic hydroxyl groups excluding tert-OH is 23. The van der Waals surface area contributed by atoms with Gasteiger partial charge in [0.25, 0.3) is 0 Å². The summed E-state index contributed by atoms with van der Waals surface area (Å²) in [6.45, 7) is 2.03. The van der Waals surface area contributed by atoms with Crippen LogP contribution in [-0.2, 0) is 80.5 Å². The molecular weight excluding hydrogens is 1390 g/mol. The van der Waals surface area contributed by atoms with Gasteiger partial charge in [0.05, 0.1) is 114 Å². The van der Waals surface area contributed by atoms with Crippen LogP contribution in [0.15, 0.2) is 0 Å². The fraction of sp³-hybridized carbons (Fsp3) is 1.00. The lowest BCUT2D eigenvalue weighted by Gasteiger charge is -2.50. The van der Waals surface area contributed by atoms with E-state index in [1.165, 1.54) is 27.7 Å². The van der Waals surface area contributed by atoms with Gasteiger partial charge in [0, 0.05) is 23.7 Å². The van der Waals surface area contributed by atoms with Crippen molar-refractivity contribution in [2.24, 2.45) is 29.6 Å². The molecule has 19 unspecified atom stereocenters. The van der Waals surface area contributed by atoms with Gasteiger partial charge in [-0.15, -0.1) is 0 Å². The van der Waals surface area contributed by atoms with E-state index in [-0.39, 0.29) is 0 Å². The van der Waals surface area contributed by atoms with Gasteiger partial charge in [-0.25, -0.2) is 0 Å². The fourth-order valence-corrected chi connectivity index (χ4v) is 13.8. The molecule has 0 aromatic heterocycles. The molecule has 0 amide bonds. The lowest BCUT2D eigenvalue weighted by molar-refractivity contribution is -0.392. The summed E-state index contributed by atoms with van der Waals surface area (Å²) in [6, 6.07) is 0. The van der Waals surface area contributed by atoms with Crippen LogP contribution in [-0.4, -0.2) is 428 Å². The van der Waals surface area contributed by atoms with Crippen LogP contribution in [0.5, 0.6) is 0 Å². The van der Waals surface area contributed by atoms with Crippen molar-refractivity contribution in [3.05, 3.63) is 0 Å². The van der Waals surface area contributed by atoms with Crippen LogP contribution < -0.4 is 0 Å². The van der Waals surface area contributed by atoms with Gasteiger partial charge in [-0.3, -0.25) is 0 Å². The highest BCUT2D eigenvalue weighted by Crippen LogP contribution is 2.41. The average molecular weight is 1500 g/mol. The van der Waals surface area contributed by atoms with Crippen LogP contribution in [0.1, 0.15) is 48.5 Å². The summed E-state index contributed by atoms with van der Waals surface area (Å²) >= 11 is 0. The maximum absolute atomic E-state index is 12.5. The van der Waals surface area contributed by atoms with Crippen molar-refractivity contribution in [3.8, 4) is 0 Å². The molecule has 0 aromatic rings. The van der Waals surface area contributed by atoms with E-state index in [0.29, 0.717) is 0 Å². The van der Waals surface area contributed by atoms with Gasteiger partial charge in [0.1, 0.15) is 140 Å². The molecule has 8 rings (SSSR count). The van der Waals surface area contributed by atoms with Crippen LogP contribution in [0, 0.1) is 29.6 Å². The lowest BCUT2D eigenvalue weighted by atomic mass is 9.88. The summed E-state index contributed by atoms with van der Waals surface area (Å²) in [7, 11) is 0. The summed E-state index contributed by atoms with van der Waals surface area (Å²) in [5, 5.41) is 263. The van der Waals surface area contributed by atoms with E-state index in [1.807, 2.05) is 0 Å². The molecule has 598 valence electrons. The minimum Gasteiger partial charge on any atom is -0.394 e. The predicted octanol–water partition coefficient (Wildman–Crippen LogP) is -13.2. The van der Waals surface area contributed by atoms with Crippen molar-refractivity contribution in [1.29, 1.82) is 0 Å². The van der Waals surface area contributed by atoms with Crippen LogP contribution in [0.2, 0.25) is 0 Å². The van der Waals surface area contributed by atoms with Gasteiger partial charge in [0.15, 0.2) is 56.6 Å². The zero-order chi connectivity index (χ0) is 75.4. The Hall–Kier alpha value is -1.64. The lowest BCUT2D eigenvalue weighted by Crippen LogP contribution is -2.66. The van der Waals surface area contributed by atoms with Crippen LogP contribution in [0.4, 0.5) is 0 Å². The summed E-state index contributed by atoms with van der Waals surface area (Å²) < 4.78 is 102. The Labute approximate surface area is 585 Å². The van der Waals surface area contributed by atoms with E-state index >= 15 is 0 Å². The van der Waals surface area contributed by atoms with E-state index in [1.54, 1.807) is 13.8 Å². The van der Waals surface area contributed by atoms with Crippen LogP contribution >= 0.6 is 0 Å². The first-order chi connectivity index (χ1) is 48.2. The van der Waals surface area contributed by atoms with Crippen LogP contribution in [0.3, 0.4) is 0 Å². The second-order valence-corrected chi connectivity index (χ2v) is 27.5.